The Morgan fingerprint density at radius 2 is 1.96 bits per heavy atom. The Hall–Kier alpha value is -1.50. The van der Waals surface area contributed by atoms with Crippen LogP contribution in [0.4, 0.5) is 0 Å². The van der Waals surface area contributed by atoms with Crippen molar-refractivity contribution in [2.75, 3.05) is 33.3 Å². The number of amides is 2. The Kier molecular flexibility index (Phi) is 4.75. The third-order valence-electron chi connectivity index (χ3n) is 5.72. The minimum absolute atomic E-state index is 0.0219. The Bertz CT molecular complexity index is 753. The summed E-state index contributed by atoms with van der Waals surface area (Å²) in [5.74, 6) is 0.767. The number of rotatable bonds is 3. The highest BCUT2D eigenvalue weighted by Gasteiger charge is 2.46. The Balaban J connectivity index is 1.62. The van der Waals surface area contributed by atoms with Crippen molar-refractivity contribution >= 4 is 35.0 Å². The van der Waals surface area contributed by atoms with Crippen LogP contribution >= 0.6 is 23.2 Å². The summed E-state index contributed by atoms with van der Waals surface area (Å²) in [4.78, 5) is 29.1. The van der Waals surface area contributed by atoms with Crippen LogP contribution in [0.15, 0.2) is 12.1 Å². The molecular weight excluding hydrogens is 377 g/mol. The Morgan fingerprint density at radius 1 is 1.19 bits per heavy atom. The molecule has 0 radical (unpaired) electrons. The smallest absolute Gasteiger partial charge is 0.246 e. The van der Waals surface area contributed by atoms with Gasteiger partial charge < -0.3 is 19.9 Å². The number of benzene rings is 1. The quantitative estimate of drug-likeness (QED) is 0.845. The van der Waals surface area contributed by atoms with Crippen LogP contribution in [0.1, 0.15) is 24.3 Å². The molecule has 3 fully saturated rings. The van der Waals surface area contributed by atoms with E-state index in [1.807, 2.05) is 0 Å². The first-order valence-corrected chi connectivity index (χ1v) is 9.59. The number of fused-ring (bicyclic) bond motifs is 1. The van der Waals surface area contributed by atoms with E-state index in [9.17, 15) is 9.59 Å². The number of carbonyl (C=O) groups excluding carboxylic acids is 2. The normalized spacial score (nSPS) is 26.6. The van der Waals surface area contributed by atoms with Crippen molar-refractivity contribution in [3.63, 3.8) is 0 Å². The zero-order valence-corrected chi connectivity index (χ0v) is 16.0. The van der Waals surface area contributed by atoms with Crippen LogP contribution < -0.4 is 10.1 Å². The highest BCUT2D eigenvalue weighted by Crippen LogP contribution is 2.44. The van der Waals surface area contributed by atoms with E-state index in [0.29, 0.717) is 28.8 Å². The number of methoxy groups -OCH3 is 1. The van der Waals surface area contributed by atoms with E-state index in [1.54, 1.807) is 29.0 Å². The van der Waals surface area contributed by atoms with Gasteiger partial charge in [-0.05, 0) is 30.9 Å². The van der Waals surface area contributed by atoms with Crippen molar-refractivity contribution < 1.29 is 14.3 Å². The van der Waals surface area contributed by atoms with Crippen molar-refractivity contribution in [1.29, 1.82) is 0 Å². The molecule has 1 aromatic rings. The molecule has 140 valence electrons. The van der Waals surface area contributed by atoms with Crippen LogP contribution in [0.25, 0.3) is 0 Å². The van der Waals surface area contributed by atoms with Gasteiger partial charge in [0.25, 0.3) is 0 Å². The molecule has 2 atom stereocenters. The molecule has 0 spiro atoms. The van der Waals surface area contributed by atoms with Gasteiger partial charge in [0.15, 0.2) is 0 Å². The molecule has 3 aliphatic heterocycles. The van der Waals surface area contributed by atoms with Crippen molar-refractivity contribution in [2.45, 2.75) is 30.8 Å². The molecule has 3 aliphatic rings. The fourth-order valence-electron chi connectivity index (χ4n) is 4.18. The fraction of sp³-hybridized carbons (Fsp3) is 0.556. The van der Waals surface area contributed by atoms with Gasteiger partial charge in [-0.3, -0.25) is 9.59 Å². The zero-order valence-electron chi connectivity index (χ0n) is 14.5. The first-order chi connectivity index (χ1) is 12.5. The number of nitrogens with zero attached hydrogens (tertiary/aromatic N) is 2. The predicted molar refractivity (Wildman–Crippen MR) is 98.9 cm³/mol. The number of carbonyl (C=O) groups is 2. The minimum atomic E-state index is -0.435. The number of hydrogen-bond donors (Lipinski definition) is 1. The SMILES string of the molecule is COc1ccc(Cl)c(Cl)c1C1CCN2C(=O)CN(C3CNC3)C(=O)C2C1. The number of hydrogen-bond acceptors (Lipinski definition) is 4. The van der Waals surface area contributed by atoms with Crippen molar-refractivity contribution in [2.24, 2.45) is 0 Å². The summed E-state index contributed by atoms with van der Waals surface area (Å²) in [5.41, 5.74) is 0.837. The molecule has 26 heavy (non-hydrogen) atoms. The van der Waals surface area contributed by atoms with Gasteiger partial charge >= 0.3 is 0 Å². The van der Waals surface area contributed by atoms with E-state index >= 15 is 0 Å². The average Bonchev–Trinajstić information content (AvgIpc) is 2.59. The maximum atomic E-state index is 13.0. The van der Waals surface area contributed by atoms with Gasteiger partial charge in [0.05, 0.1) is 23.2 Å². The minimum Gasteiger partial charge on any atom is -0.496 e. The second-order valence-corrected chi connectivity index (χ2v) is 7.86. The van der Waals surface area contributed by atoms with Gasteiger partial charge in [-0.2, -0.15) is 0 Å². The van der Waals surface area contributed by atoms with Gasteiger partial charge in [-0.1, -0.05) is 23.2 Å². The van der Waals surface area contributed by atoms with Crippen LogP contribution in [-0.4, -0.2) is 67.0 Å². The number of halogens is 2. The summed E-state index contributed by atoms with van der Waals surface area (Å²) in [6, 6.07) is 3.20. The molecule has 2 amide bonds. The third kappa shape index (κ3) is 2.84. The lowest BCUT2D eigenvalue weighted by Crippen LogP contribution is -2.69. The lowest BCUT2D eigenvalue weighted by atomic mass is 9.83. The highest BCUT2D eigenvalue weighted by atomic mass is 35.5. The lowest BCUT2D eigenvalue weighted by Gasteiger charge is -2.49. The van der Waals surface area contributed by atoms with Crippen LogP contribution in [0.3, 0.4) is 0 Å². The van der Waals surface area contributed by atoms with Crippen LogP contribution in [-0.2, 0) is 9.59 Å². The van der Waals surface area contributed by atoms with Crippen molar-refractivity contribution in [3.8, 4) is 5.75 Å². The third-order valence-corrected chi connectivity index (χ3v) is 6.54. The molecule has 0 bridgehead atoms. The first kappa shape index (κ1) is 17.9. The lowest BCUT2D eigenvalue weighted by molar-refractivity contribution is -0.161. The van der Waals surface area contributed by atoms with Crippen LogP contribution in [0, 0.1) is 0 Å². The van der Waals surface area contributed by atoms with E-state index in [-0.39, 0.29) is 30.3 Å². The molecule has 8 heteroatoms. The van der Waals surface area contributed by atoms with Gasteiger partial charge in [0.2, 0.25) is 11.8 Å². The molecule has 0 saturated carbocycles. The van der Waals surface area contributed by atoms with Gasteiger partial charge in [-0.15, -0.1) is 0 Å². The largest absolute Gasteiger partial charge is 0.496 e. The molecule has 0 aliphatic carbocycles. The first-order valence-electron chi connectivity index (χ1n) is 8.83. The number of piperazine rings is 1. The van der Waals surface area contributed by atoms with E-state index in [0.717, 1.165) is 25.1 Å². The average molecular weight is 398 g/mol. The van der Waals surface area contributed by atoms with E-state index in [2.05, 4.69) is 5.32 Å². The predicted octanol–water partition coefficient (Wildman–Crippen LogP) is 1.89. The maximum absolute atomic E-state index is 13.0. The van der Waals surface area contributed by atoms with Crippen LogP contribution in [0.5, 0.6) is 5.75 Å². The molecule has 0 aromatic heterocycles. The summed E-state index contributed by atoms with van der Waals surface area (Å²) in [6.45, 7) is 2.24. The van der Waals surface area contributed by atoms with E-state index < -0.39 is 6.04 Å². The maximum Gasteiger partial charge on any atom is 0.246 e. The molecule has 3 saturated heterocycles. The highest BCUT2D eigenvalue weighted by molar-refractivity contribution is 6.42. The topological polar surface area (TPSA) is 61.9 Å². The van der Waals surface area contributed by atoms with Crippen molar-refractivity contribution in [3.05, 3.63) is 27.7 Å². The standard InChI is InChI=1S/C18H21Cl2N3O3/c1-26-14-3-2-12(19)17(20)16(14)10-4-5-22-13(6-10)18(25)23(9-15(22)24)11-7-21-8-11/h2-3,10-11,13,21H,4-9H2,1H3. The van der Waals surface area contributed by atoms with Gasteiger partial charge in [-0.25, -0.2) is 0 Å². The number of piperidine rings is 1. The summed E-state index contributed by atoms with van der Waals surface area (Å²) in [5, 5.41) is 4.10. The van der Waals surface area contributed by atoms with E-state index in [4.69, 9.17) is 27.9 Å². The van der Waals surface area contributed by atoms with Crippen LogP contribution in [0.2, 0.25) is 10.0 Å². The number of nitrogens with one attached hydrogen (secondary N) is 1. The molecule has 4 rings (SSSR count). The molecule has 3 heterocycles. The molecule has 1 aromatic carbocycles. The van der Waals surface area contributed by atoms with E-state index in [1.165, 1.54) is 0 Å². The monoisotopic (exact) mass is 397 g/mol. The zero-order chi connectivity index (χ0) is 18.4. The summed E-state index contributed by atoms with van der Waals surface area (Å²) in [6.07, 6.45) is 1.27. The molecule has 1 N–H and O–H groups in total. The Morgan fingerprint density at radius 3 is 2.62 bits per heavy atom. The summed E-state index contributed by atoms with van der Waals surface area (Å²) in [7, 11) is 1.60. The summed E-state index contributed by atoms with van der Waals surface area (Å²) < 4.78 is 5.48. The van der Waals surface area contributed by atoms with Crippen molar-refractivity contribution in [1.82, 2.24) is 15.1 Å². The van der Waals surface area contributed by atoms with Gasteiger partial charge in [0.1, 0.15) is 18.3 Å². The molecular formula is C18H21Cl2N3O3. The molecule has 6 nitrogen and oxygen atoms in total. The molecule has 2 unspecified atom stereocenters. The second-order valence-electron chi connectivity index (χ2n) is 7.08. The number of ether oxygens (including phenoxy) is 1. The fourth-order valence-corrected chi connectivity index (χ4v) is 4.65. The second kappa shape index (κ2) is 6.91. The van der Waals surface area contributed by atoms with Gasteiger partial charge in [0, 0.05) is 25.2 Å². The Labute approximate surface area is 162 Å². The summed E-state index contributed by atoms with van der Waals surface area (Å²) >= 11 is 12.7.